The topological polar surface area (TPSA) is 0 Å². The van der Waals surface area contributed by atoms with Gasteiger partial charge in [0.15, 0.2) is 0 Å². The van der Waals surface area contributed by atoms with Crippen LogP contribution in [0.1, 0.15) is 5.56 Å². The monoisotopic (exact) mass is 275 g/mol. The van der Waals surface area contributed by atoms with Gasteiger partial charge < -0.3 is 0 Å². The molecule has 1 aromatic carbocycles. The SMILES string of the molecule is FC(F)(F)c1ccccc1[Te]. The molecule has 4 heteroatoms. The van der Waals surface area contributed by atoms with Gasteiger partial charge in [-0.3, -0.25) is 0 Å². The number of alkyl halides is 3. The Kier molecular flexibility index (Phi) is 2.46. The van der Waals surface area contributed by atoms with E-state index in [2.05, 4.69) is 0 Å². The summed E-state index contributed by atoms with van der Waals surface area (Å²) in [4.78, 5) is 0. The molecule has 0 amide bonds. The van der Waals surface area contributed by atoms with Crippen LogP contribution in [-0.2, 0) is 6.18 Å². The summed E-state index contributed by atoms with van der Waals surface area (Å²) in [5.74, 6) is 0. The van der Waals surface area contributed by atoms with Gasteiger partial charge in [-0.15, -0.1) is 0 Å². The number of hydrogen-bond acceptors (Lipinski definition) is 0. The molecule has 0 aromatic heterocycles. The second-order valence-corrected chi connectivity index (χ2v) is 3.25. The third-order valence-electron chi connectivity index (χ3n) is 1.19. The van der Waals surface area contributed by atoms with E-state index in [0.29, 0.717) is 0 Å². The van der Waals surface area contributed by atoms with Crippen molar-refractivity contribution in [3.05, 3.63) is 29.8 Å². The van der Waals surface area contributed by atoms with E-state index in [1.54, 1.807) is 6.07 Å². The molecule has 0 spiro atoms. The summed E-state index contributed by atoms with van der Waals surface area (Å²) in [7, 11) is 0. The quantitative estimate of drug-likeness (QED) is 0.628. The molecule has 0 saturated heterocycles. The first-order valence-corrected chi connectivity index (χ1v) is 4.01. The van der Waals surface area contributed by atoms with Gasteiger partial charge in [0.1, 0.15) is 0 Å². The molecule has 0 atom stereocenters. The minimum absolute atomic E-state index is 0.274. The fourth-order valence-electron chi connectivity index (χ4n) is 0.701. The van der Waals surface area contributed by atoms with Crippen molar-refractivity contribution in [2.45, 2.75) is 6.18 Å². The van der Waals surface area contributed by atoms with Crippen molar-refractivity contribution in [3.63, 3.8) is 0 Å². The van der Waals surface area contributed by atoms with Crippen LogP contribution in [0.3, 0.4) is 0 Å². The molecule has 0 saturated carbocycles. The van der Waals surface area contributed by atoms with Gasteiger partial charge in [-0.25, -0.2) is 0 Å². The van der Waals surface area contributed by atoms with Crippen LogP contribution in [0.4, 0.5) is 13.2 Å². The number of benzene rings is 1. The van der Waals surface area contributed by atoms with Crippen molar-refractivity contribution >= 4 is 25.9 Å². The summed E-state index contributed by atoms with van der Waals surface area (Å²) in [6, 6.07) is 5.51. The van der Waals surface area contributed by atoms with E-state index in [-0.39, 0.29) is 3.61 Å². The molecule has 0 unspecified atom stereocenters. The summed E-state index contributed by atoms with van der Waals surface area (Å²) in [6.45, 7) is 0. The van der Waals surface area contributed by atoms with Gasteiger partial charge in [-0.2, -0.15) is 0 Å². The van der Waals surface area contributed by atoms with E-state index >= 15 is 0 Å². The Morgan fingerprint density at radius 3 is 2.00 bits per heavy atom. The van der Waals surface area contributed by atoms with Gasteiger partial charge in [-0.1, -0.05) is 0 Å². The Morgan fingerprint density at radius 2 is 1.64 bits per heavy atom. The Morgan fingerprint density at radius 1 is 1.09 bits per heavy atom. The first-order chi connectivity index (χ1) is 5.02. The van der Waals surface area contributed by atoms with Gasteiger partial charge in [-0.05, 0) is 0 Å². The molecule has 0 aliphatic carbocycles. The van der Waals surface area contributed by atoms with Gasteiger partial charge in [0.25, 0.3) is 0 Å². The van der Waals surface area contributed by atoms with Gasteiger partial charge in [0, 0.05) is 0 Å². The maximum absolute atomic E-state index is 12.1. The van der Waals surface area contributed by atoms with Gasteiger partial charge >= 0.3 is 75.1 Å². The Hall–Kier alpha value is -0.200. The number of halogens is 3. The molecular weight excluding hydrogens is 269 g/mol. The van der Waals surface area contributed by atoms with Crippen LogP contribution in [0, 0.1) is 0 Å². The van der Waals surface area contributed by atoms with Gasteiger partial charge in [0.2, 0.25) is 0 Å². The second-order valence-electron chi connectivity index (χ2n) is 1.99. The number of hydrogen-bond donors (Lipinski definition) is 0. The van der Waals surface area contributed by atoms with Crippen molar-refractivity contribution in [2.75, 3.05) is 0 Å². The zero-order valence-corrected chi connectivity index (χ0v) is 7.68. The van der Waals surface area contributed by atoms with E-state index in [9.17, 15) is 13.2 Å². The van der Waals surface area contributed by atoms with E-state index in [0.717, 1.165) is 6.07 Å². The zero-order chi connectivity index (χ0) is 8.48. The maximum atomic E-state index is 12.1. The van der Waals surface area contributed by atoms with Crippen LogP contribution in [-0.4, -0.2) is 22.3 Å². The molecular formula is C7H4F3Te. The van der Waals surface area contributed by atoms with Gasteiger partial charge in [0.05, 0.1) is 0 Å². The summed E-state index contributed by atoms with van der Waals surface area (Å²) in [5.41, 5.74) is -0.551. The Balaban J connectivity index is 3.14. The molecule has 1 aromatic rings. The van der Waals surface area contributed by atoms with E-state index in [1.165, 1.54) is 34.4 Å². The molecule has 0 bridgehead atoms. The molecule has 0 nitrogen and oxygen atoms in total. The molecule has 0 fully saturated rings. The van der Waals surface area contributed by atoms with E-state index < -0.39 is 11.7 Å². The normalized spacial score (nSPS) is 11.5. The summed E-state index contributed by atoms with van der Waals surface area (Å²) in [5, 5.41) is 0. The fraction of sp³-hybridized carbons (Fsp3) is 0.143. The van der Waals surface area contributed by atoms with Crippen molar-refractivity contribution in [1.82, 2.24) is 0 Å². The average Bonchev–Trinajstić information content (AvgIpc) is 1.86. The Labute approximate surface area is 75.3 Å². The fourth-order valence-corrected chi connectivity index (χ4v) is 1.45. The van der Waals surface area contributed by atoms with E-state index in [4.69, 9.17) is 0 Å². The first kappa shape index (κ1) is 8.89. The molecule has 59 valence electrons. The number of rotatable bonds is 0. The summed E-state index contributed by atoms with van der Waals surface area (Å²) >= 11 is 1.37. The molecule has 1 radical (unpaired) electrons. The van der Waals surface area contributed by atoms with Crippen LogP contribution in [0.2, 0.25) is 0 Å². The van der Waals surface area contributed by atoms with Crippen LogP contribution < -0.4 is 3.61 Å². The molecule has 0 aliphatic rings. The van der Waals surface area contributed by atoms with Crippen LogP contribution in [0.5, 0.6) is 0 Å². The summed E-state index contributed by atoms with van der Waals surface area (Å²) < 4.78 is 36.4. The van der Waals surface area contributed by atoms with E-state index in [1.807, 2.05) is 0 Å². The molecule has 1 rings (SSSR count). The second kappa shape index (κ2) is 3.04. The minimum atomic E-state index is -4.21. The van der Waals surface area contributed by atoms with Crippen molar-refractivity contribution in [2.24, 2.45) is 0 Å². The van der Waals surface area contributed by atoms with Crippen molar-refractivity contribution in [3.8, 4) is 0 Å². The zero-order valence-electron chi connectivity index (χ0n) is 5.35. The predicted molar refractivity (Wildman–Crippen MR) is 36.8 cm³/mol. The molecule has 11 heavy (non-hydrogen) atoms. The van der Waals surface area contributed by atoms with Crippen molar-refractivity contribution in [1.29, 1.82) is 0 Å². The molecule has 0 N–H and O–H groups in total. The first-order valence-electron chi connectivity index (χ1n) is 2.85. The average molecular weight is 273 g/mol. The predicted octanol–water partition coefficient (Wildman–Crippen LogP) is 1.50. The Bertz CT molecular complexity index is 254. The molecule has 0 aliphatic heterocycles. The van der Waals surface area contributed by atoms with Crippen molar-refractivity contribution < 1.29 is 13.2 Å². The standard InChI is InChI=1S/C7H4F3Te/c8-7(9,10)5-3-1-2-4-6(5)11/h1-4H. The van der Waals surface area contributed by atoms with Crippen LogP contribution in [0.25, 0.3) is 0 Å². The third-order valence-corrected chi connectivity index (χ3v) is 2.21. The van der Waals surface area contributed by atoms with Crippen LogP contribution in [0.15, 0.2) is 24.3 Å². The summed E-state index contributed by atoms with van der Waals surface area (Å²) in [6.07, 6.45) is -4.21. The van der Waals surface area contributed by atoms with Crippen LogP contribution >= 0.6 is 0 Å². The third kappa shape index (κ3) is 2.11. The molecule has 0 heterocycles.